The monoisotopic (exact) mass is 544 g/mol. The molecule has 3 aliphatic rings. The highest BCUT2D eigenvalue weighted by atomic mass is 19.4. The molecule has 2 heterocycles. The Kier molecular flexibility index (Phi) is 11.2. The molecule has 2 atom stereocenters. The lowest BCUT2D eigenvalue weighted by molar-refractivity contribution is -0.141. The van der Waals surface area contributed by atoms with Gasteiger partial charge < -0.3 is 25.0 Å². The number of morpholine rings is 1. The molecule has 0 spiro atoms. The van der Waals surface area contributed by atoms with Gasteiger partial charge in [-0.1, -0.05) is 32.1 Å². The molecule has 0 bridgehead atoms. The van der Waals surface area contributed by atoms with Crippen molar-refractivity contribution in [2.75, 3.05) is 46.4 Å². The van der Waals surface area contributed by atoms with Crippen molar-refractivity contribution in [2.24, 2.45) is 10.9 Å². The maximum atomic E-state index is 13.6. The maximum Gasteiger partial charge on any atom is 0.412 e. The van der Waals surface area contributed by atoms with Crippen molar-refractivity contribution in [3.63, 3.8) is 0 Å². The summed E-state index contributed by atoms with van der Waals surface area (Å²) >= 11 is 0. The maximum absolute atomic E-state index is 13.6. The second-order valence-corrected chi connectivity index (χ2v) is 10.4. The predicted molar refractivity (Wildman–Crippen MR) is 133 cm³/mol. The topological polar surface area (TPSA) is 128 Å². The van der Waals surface area contributed by atoms with Crippen LogP contribution in [0.25, 0.3) is 0 Å². The lowest BCUT2D eigenvalue weighted by Crippen LogP contribution is -2.56. The molecule has 10 nitrogen and oxygen atoms in total. The molecule has 0 radical (unpaired) electrons. The predicted octanol–water partition coefficient (Wildman–Crippen LogP) is 2.50. The Morgan fingerprint density at radius 1 is 1.26 bits per heavy atom. The van der Waals surface area contributed by atoms with Crippen LogP contribution in [0.2, 0.25) is 0 Å². The highest BCUT2D eigenvalue weighted by molar-refractivity contribution is 5.99. The molecule has 1 aliphatic carbocycles. The van der Waals surface area contributed by atoms with Crippen LogP contribution in [0.4, 0.5) is 18.0 Å². The van der Waals surface area contributed by atoms with Crippen LogP contribution in [0.15, 0.2) is 4.99 Å². The lowest BCUT2D eigenvalue weighted by atomic mass is 9.84. The van der Waals surface area contributed by atoms with Gasteiger partial charge in [0.1, 0.15) is 30.1 Å². The second-order valence-electron chi connectivity index (χ2n) is 10.4. The van der Waals surface area contributed by atoms with E-state index >= 15 is 0 Å². The summed E-state index contributed by atoms with van der Waals surface area (Å²) in [5.74, 6) is -0.126. The normalized spacial score (nSPS) is 24.2. The minimum Gasteiger partial charge on any atom is -0.449 e. The molecule has 214 valence electrons. The number of carbonyl (C=O) groups excluding carboxylic acids is 2. The van der Waals surface area contributed by atoms with Crippen molar-refractivity contribution >= 4 is 17.8 Å². The first-order chi connectivity index (χ1) is 18.1. The first kappa shape index (κ1) is 30.1. The van der Waals surface area contributed by atoms with Crippen LogP contribution in [-0.4, -0.2) is 93.0 Å². The van der Waals surface area contributed by atoms with E-state index in [9.17, 15) is 28.0 Å². The van der Waals surface area contributed by atoms with Gasteiger partial charge >= 0.3 is 12.3 Å². The molecule has 2 amide bonds. The van der Waals surface area contributed by atoms with E-state index in [0.29, 0.717) is 52.0 Å². The number of hydrogen-bond donors (Lipinski definition) is 3. The number of nitriles is 1. The summed E-state index contributed by atoms with van der Waals surface area (Å²) in [6.45, 7) is 1.72. The Hall–Kier alpha value is -2.43. The number of amidine groups is 1. The van der Waals surface area contributed by atoms with Crippen molar-refractivity contribution in [1.82, 2.24) is 20.9 Å². The SMILES string of the molecule is CN1CCC(C#N)(NC(=O)C(CC2CCCCC2)N=C(NC(=O)OCCC(F)(F)F)C2CNCCO2)CC1. The van der Waals surface area contributed by atoms with Crippen molar-refractivity contribution in [2.45, 2.75) is 81.6 Å². The molecule has 0 aromatic heterocycles. The van der Waals surface area contributed by atoms with Crippen molar-refractivity contribution < 1.29 is 32.2 Å². The zero-order valence-electron chi connectivity index (χ0n) is 21.9. The Morgan fingerprint density at radius 3 is 2.58 bits per heavy atom. The van der Waals surface area contributed by atoms with E-state index in [2.05, 4.69) is 31.9 Å². The number of rotatable bonds is 8. The molecule has 38 heavy (non-hydrogen) atoms. The van der Waals surface area contributed by atoms with E-state index < -0.39 is 48.9 Å². The third kappa shape index (κ3) is 9.71. The first-order valence-corrected chi connectivity index (χ1v) is 13.4. The standard InChI is InChI=1S/C25H39F3N6O4/c1-34-11-7-24(17-29,8-12-34)33-22(35)19(15-18-5-3-2-4-6-18)31-21(20-16-30-10-14-37-20)32-23(36)38-13-9-25(26,27)28/h18-20,30H,2-16H2,1H3,(H,33,35)(H,31,32,36). The van der Waals surface area contributed by atoms with Gasteiger partial charge in [0.15, 0.2) is 0 Å². The fourth-order valence-electron chi connectivity index (χ4n) is 5.05. The van der Waals surface area contributed by atoms with Gasteiger partial charge in [-0.3, -0.25) is 15.1 Å². The molecular formula is C25H39F3N6O4. The summed E-state index contributed by atoms with van der Waals surface area (Å²) in [7, 11) is 1.96. The number of nitrogens with one attached hydrogen (secondary N) is 3. The highest BCUT2D eigenvalue weighted by Gasteiger charge is 2.38. The number of likely N-dealkylation sites (tertiary alicyclic amines) is 1. The van der Waals surface area contributed by atoms with Crippen LogP contribution in [0.3, 0.4) is 0 Å². The minimum atomic E-state index is -4.46. The number of aliphatic imine (C=N–C) groups is 1. The summed E-state index contributed by atoms with van der Waals surface area (Å²) in [5.41, 5.74) is -1.00. The molecule has 0 aromatic carbocycles. The van der Waals surface area contributed by atoms with E-state index in [1.165, 1.54) is 0 Å². The number of carbonyl (C=O) groups is 2. The number of hydrogen-bond acceptors (Lipinski definition) is 8. The first-order valence-electron chi connectivity index (χ1n) is 13.4. The smallest absolute Gasteiger partial charge is 0.412 e. The van der Waals surface area contributed by atoms with Gasteiger partial charge in [0.25, 0.3) is 0 Å². The van der Waals surface area contributed by atoms with Crippen LogP contribution < -0.4 is 16.0 Å². The van der Waals surface area contributed by atoms with E-state index in [0.717, 1.165) is 32.1 Å². The zero-order valence-corrected chi connectivity index (χ0v) is 21.9. The van der Waals surface area contributed by atoms with Crippen LogP contribution in [0.1, 0.15) is 57.8 Å². The van der Waals surface area contributed by atoms with Gasteiger partial charge in [0, 0.05) is 26.2 Å². The number of amides is 2. The second kappa shape index (κ2) is 14.1. The quantitative estimate of drug-likeness (QED) is 0.316. The molecular weight excluding hydrogens is 505 g/mol. The van der Waals surface area contributed by atoms with Crippen molar-refractivity contribution in [3.05, 3.63) is 0 Å². The van der Waals surface area contributed by atoms with Crippen LogP contribution >= 0.6 is 0 Å². The van der Waals surface area contributed by atoms with Gasteiger partial charge in [-0.25, -0.2) is 4.79 Å². The fourth-order valence-corrected chi connectivity index (χ4v) is 5.05. The van der Waals surface area contributed by atoms with Crippen LogP contribution in [0, 0.1) is 17.2 Å². The number of nitrogens with zero attached hydrogens (tertiary/aromatic N) is 3. The van der Waals surface area contributed by atoms with Gasteiger partial charge in [0.2, 0.25) is 5.91 Å². The van der Waals surface area contributed by atoms with E-state index in [-0.39, 0.29) is 11.8 Å². The van der Waals surface area contributed by atoms with E-state index in [1.807, 2.05) is 7.05 Å². The van der Waals surface area contributed by atoms with Gasteiger partial charge in [0.05, 0.1) is 19.1 Å². The third-order valence-corrected chi connectivity index (χ3v) is 7.38. The zero-order chi connectivity index (χ0) is 27.6. The van der Waals surface area contributed by atoms with Gasteiger partial charge in [-0.2, -0.15) is 18.4 Å². The minimum absolute atomic E-state index is 0.0274. The highest BCUT2D eigenvalue weighted by Crippen LogP contribution is 2.29. The molecule has 2 saturated heterocycles. The number of halogens is 3. The molecule has 3 fully saturated rings. The summed E-state index contributed by atoms with van der Waals surface area (Å²) in [6, 6.07) is 1.38. The van der Waals surface area contributed by atoms with Gasteiger partial charge in [-0.05, 0) is 32.2 Å². The van der Waals surface area contributed by atoms with Gasteiger partial charge in [-0.15, -0.1) is 0 Å². The summed E-state index contributed by atoms with van der Waals surface area (Å²) in [6.07, 6.45) is -0.969. The third-order valence-electron chi connectivity index (χ3n) is 7.38. The Labute approximate surface area is 221 Å². The lowest BCUT2D eigenvalue weighted by Gasteiger charge is -2.37. The van der Waals surface area contributed by atoms with E-state index in [4.69, 9.17) is 9.47 Å². The Bertz CT molecular complexity index is 858. The molecule has 1 saturated carbocycles. The number of piperidine rings is 1. The Balaban J connectivity index is 1.80. The molecule has 0 aromatic rings. The largest absolute Gasteiger partial charge is 0.449 e. The fraction of sp³-hybridized carbons (Fsp3) is 0.840. The number of alkyl halides is 3. The van der Waals surface area contributed by atoms with Crippen LogP contribution in [-0.2, 0) is 14.3 Å². The molecule has 2 aliphatic heterocycles. The average molecular weight is 545 g/mol. The Morgan fingerprint density at radius 2 is 1.97 bits per heavy atom. The number of alkyl carbamates (subject to hydrolysis) is 1. The summed E-state index contributed by atoms with van der Waals surface area (Å²) in [4.78, 5) is 32.7. The molecule has 2 unspecified atom stereocenters. The summed E-state index contributed by atoms with van der Waals surface area (Å²) < 4.78 is 47.9. The molecule has 3 N–H and O–H groups in total. The molecule has 13 heteroatoms. The van der Waals surface area contributed by atoms with Crippen molar-refractivity contribution in [1.29, 1.82) is 5.26 Å². The summed E-state index contributed by atoms with van der Waals surface area (Å²) in [5, 5.41) is 18.4. The number of ether oxygens (including phenoxy) is 2. The van der Waals surface area contributed by atoms with Crippen molar-refractivity contribution in [3.8, 4) is 6.07 Å². The average Bonchev–Trinajstić information content (AvgIpc) is 2.89. The van der Waals surface area contributed by atoms with E-state index in [1.54, 1.807) is 0 Å². The molecule has 3 rings (SSSR count). The van der Waals surface area contributed by atoms with Crippen LogP contribution in [0.5, 0.6) is 0 Å².